The molecule has 3 aromatic carbocycles. The summed E-state index contributed by atoms with van der Waals surface area (Å²) in [6.07, 6.45) is 0. The number of cyclic esters (lactones) is 1. The van der Waals surface area contributed by atoms with Crippen molar-refractivity contribution in [3.8, 4) is 22.6 Å². The van der Waals surface area contributed by atoms with Crippen molar-refractivity contribution in [1.82, 2.24) is 0 Å². The third kappa shape index (κ3) is 2.40. The van der Waals surface area contributed by atoms with Crippen molar-refractivity contribution in [1.29, 1.82) is 0 Å². The zero-order valence-electron chi connectivity index (χ0n) is 14.1. The van der Waals surface area contributed by atoms with E-state index in [1.165, 1.54) is 12.1 Å². The Morgan fingerprint density at radius 3 is 2.07 bits per heavy atom. The molecule has 0 amide bonds. The predicted octanol–water partition coefficient (Wildman–Crippen LogP) is 5.92. The van der Waals surface area contributed by atoms with Gasteiger partial charge in [-0.15, -0.1) is 0 Å². The number of benzene rings is 3. The van der Waals surface area contributed by atoms with Gasteiger partial charge in [-0.05, 0) is 23.8 Å². The lowest BCUT2D eigenvalue weighted by atomic mass is 9.92. The van der Waals surface area contributed by atoms with Gasteiger partial charge in [-0.25, -0.2) is 9.21 Å². The van der Waals surface area contributed by atoms with Gasteiger partial charge in [0.2, 0.25) is 0 Å². The number of carbonyl (C=O) groups is 1. The highest BCUT2D eigenvalue weighted by Crippen LogP contribution is 2.44. The molecule has 2 N–H and O–H groups in total. The SMILES string of the molecule is O=C1OCc2c1cccc2-c1c2cc(Cl)c(O)cc2[o+]c2cc(O)c(Cl)cc12. The van der Waals surface area contributed by atoms with Crippen molar-refractivity contribution in [2.24, 2.45) is 0 Å². The fraction of sp³-hybridized carbons (Fsp3) is 0.0476. The second-order valence-corrected chi connectivity index (χ2v) is 7.30. The number of rotatable bonds is 1. The quantitative estimate of drug-likeness (QED) is 0.230. The van der Waals surface area contributed by atoms with E-state index in [1.807, 2.05) is 6.07 Å². The first-order chi connectivity index (χ1) is 13.4. The van der Waals surface area contributed by atoms with Crippen LogP contribution < -0.4 is 0 Å². The smallest absolute Gasteiger partial charge is 0.365 e. The van der Waals surface area contributed by atoms with Crippen LogP contribution in [0.5, 0.6) is 11.5 Å². The number of aromatic hydroxyl groups is 2. The van der Waals surface area contributed by atoms with Crippen molar-refractivity contribution in [3.63, 3.8) is 0 Å². The molecule has 0 radical (unpaired) electrons. The lowest BCUT2D eigenvalue weighted by Crippen LogP contribution is -1.94. The largest absolute Gasteiger partial charge is 0.506 e. The van der Waals surface area contributed by atoms with Crippen LogP contribution in [0.3, 0.4) is 0 Å². The standard InChI is InChI=1S/C21H10Cl2O5/c22-14-4-11-18(6-16(14)24)28-19-7-17(25)15(23)5-12(19)20(11)9-2-1-3-10-13(9)8-27-21(10)26/h1-7H,8H2,(H-,24,25)/p+1. The molecule has 1 aliphatic rings. The summed E-state index contributed by atoms with van der Waals surface area (Å²) in [5.74, 6) is -0.631. The Labute approximate surface area is 168 Å². The summed E-state index contributed by atoms with van der Waals surface area (Å²) in [7, 11) is 0. The Bertz CT molecular complexity index is 1260. The summed E-state index contributed by atoms with van der Waals surface area (Å²) < 4.78 is 11.1. The number of phenolic OH excluding ortho intramolecular Hbond substituents is 2. The van der Waals surface area contributed by atoms with E-state index in [0.717, 1.165) is 16.7 Å². The number of esters is 1. The molecule has 138 valence electrons. The second-order valence-electron chi connectivity index (χ2n) is 6.48. The highest BCUT2D eigenvalue weighted by molar-refractivity contribution is 6.34. The van der Waals surface area contributed by atoms with Gasteiger partial charge in [0.25, 0.3) is 0 Å². The maximum absolute atomic E-state index is 12.0. The predicted molar refractivity (Wildman–Crippen MR) is 106 cm³/mol. The lowest BCUT2D eigenvalue weighted by Gasteiger charge is -2.10. The van der Waals surface area contributed by atoms with Crippen LogP contribution >= 0.6 is 23.2 Å². The Balaban J connectivity index is 2.00. The van der Waals surface area contributed by atoms with Crippen molar-refractivity contribution < 1.29 is 24.2 Å². The first-order valence-electron chi connectivity index (χ1n) is 8.34. The number of halogens is 2. The van der Waals surface area contributed by atoms with E-state index in [4.69, 9.17) is 32.4 Å². The van der Waals surface area contributed by atoms with Gasteiger partial charge in [0.1, 0.15) is 18.1 Å². The summed E-state index contributed by atoms with van der Waals surface area (Å²) in [5.41, 5.74) is 3.46. The molecule has 0 atom stereocenters. The van der Waals surface area contributed by atoms with Crippen LogP contribution in [-0.2, 0) is 11.3 Å². The minimum absolute atomic E-state index is 0.127. The number of ether oxygens (including phenoxy) is 1. The van der Waals surface area contributed by atoms with Crippen molar-refractivity contribution in [3.05, 3.63) is 63.6 Å². The van der Waals surface area contributed by atoms with Gasteiger partial charge in [-0.1, -0.05) is 35.3 Å². The molecule has 0 fully saturated rings. The molecule has 0 bridgehead atoms. The van der Waals surface area contributed by atoms with Gasteiger partial charge in [-0.3, -0.25) is 0 Å². The molecule has 0 aliphatic carbocycles. The van der Waals surface area contributed by atoms with Gasteiger partial charge in [0, 0.05) is 11.1 Å². The monoisotopic (exact) mass is 413 g/mol. The van der Waals surface area contributed by atoms with Crippen LogP contribution in [0.2, 0.25) is 10.0 Å². The maximum atomic E-state index is 12.0. The van der Waals surface area contributed by atoms with E-state index in [-0.39, 0.29) is 34.1 Å². The zero-order chi connectivity index (χ0) is 19.6. The van der Waals surface area contributed by atoms with Crippen LogP contribution in [-0.4, -0.2) is 16.2 Å². The van der Waals surface area contributed by atoms with E-state index < -0.39 is 0 Å². The zero-order valence-corrected chi connectivity index (χ0v) is 15.6. The molecule has 1 aliphatic heterocycles. The highest BCUT2D eigenvalue weighted by Gasteiger charge is 2.29. The molecule has 0 saturated carbocycles. The lowest BCUT2D eigenvalue weighted by molar-refractivity contribution is 0.0535. The summed E-state index contributed by atoms with van der Waals surface area (Å²) in [5, 5.41) is 21.6. The van der Waals surface area contributed by atoms with Gasteiger partial charge < -0.3 is 14.9 Å². The molecule has 7 heteroatoms. The second kappa shape index (κ2) is 5.99. The molecular formula is C21H11Cl2O5+. The summed E-state index contributed by atoms with van der Waals surface area (Å²) in [4.78, 5) is 12.0. The van der Waals surface area contributed by atoms with Crippen molar-refractivity contribution >= 4 is 51.1 Å². The number of phenols is 2. The van der Waals surface area contributed by atoms with Crippen LogP contribution in [0.1, 0.15) is 15.9 Å². The van der Waals surface area contributed by atoms with E-state index in [2.05, 4.69) is 0 Å². The topological polar surface area (TPSA) is 78.1 Å². The van der Waals surface area contributed by atoms with Crippen LogP contribution in [0, 0.1) is 0 Å². The van der Waals surface area contributed by atoms with Crippen LogP contribution in [0.15, 0.2) is 46.9 Å². The van der Waals surface area contributed by atoms with E-state index >= 15 is 0 Å². The minimum Gasteiger partial charge on any atom is -0.506 e. The van der Waals surface area contributed by atoms with Crippen LogP contribution in [0.25, 0.3) is 33.1 Å². The maximum Gasteiger partial charge on any atom is 0.365 e. The number of hydrogen-bond donors (Lipinski definition) is 2. The number of carbonyl (C=O) groups excluding carboxylic acids is 1. The average Bonchev–Trinajstić information content (AvgIpc) is 3.04. The Morgan fingerprint density at radius 2 is 1.46 bits per heavy atom. The molecule has 28 heavy (non-hydrogen) atoms. The number of fused-ring (bicyclic) bond motifs is 3. The molecule has 0 unspecified atom stereocenters. The van der Waals surface area contributed by atoms with E-state index in [1.54, 1.807) is 24.3 Å². The van der Waals surface area contributed by atoms with Gasteiger partial charge in [-0.2, -0.15) is 0 Å². The summed E-state index contributed by atoms with van der Waals surface area (Å²) in [6, 6.07) is 11.4. The Hall–Kier alpha value is -3.02. The molecule has 2 heterocycles. The van der Waals surface area contributed by atoms with Gasteiger partial charge in [0.15, 0.2) is 0 Å². The number of hydrogen-bond acceptors (Lipinski definition) is 4. The molecule has 5 rings (SSSR count). The molecule has 5 nitrogen and oxygen atoms in total. The fourth-order valence-corrected chi connectivity index (χ4v) is 3.91. The van der Waals surface area contributed by atoms with Crippen LogP contribution in [0.4, 0.5) is 0 Å². The normalized spacial score (nSPS) is 13.1. The Kier molecular flexibility index (Phi) is 3.66. The van der Waals surface area contributed by atoms with E-state index in [0.29, 0.717) is 27.5 Å². The Morgan fingerprint density at radius 1 is 0.893 bits per heavy atom. The molecular weight excluding hydrogens is 403 g/mol. The summed E-state index contributed by atoms with van der Waals surface area (Å²) in [6.45, 7) is 0.150. The molecule has 0 saturated heterocycles. The van der Waals surface area contributed by atoms with E-state index in [9.17, 15) is 15.0 Å². The third-order valence-corrected chi connectivity index (χ3v) is 5.47. The first kappa shape index (κ1) is 17.1. The average molecular weight is 414 g/mol. The summed E-state index contributed by atoms with van der Waals surface area (Å²) >= 11 is 12.3. The molecule has 4 aromatic rings. The van der Waals surface area contributed by atoms with Gasteiger partial charge >= 0.3 is 17.1 Å². The highest BCUT2D eigenvalue weighted by atomic mass is 35.5. The third-order valence-electron chi connectivity index (χ3n) is 4.87. The minimum atomic E-state index is -0.377. The van der Waals surface area contributed by atoms with Crippen molar-refractivity contribution in [2.45, 2.75) is 6.61 Å². The fourth-order valence-electron chi connectivity index (χ4n) is 3.58. The first-order valence-corrected chi connectivity index (χ1v) is 9.09. The van der Waals surface area contributed by atoms with Gasteiger partial charge in [0.05, 0.1) is 38.5 Å². The molecule has 0 spiro atoms. The molecule has 1 aromatic heterocycles. The van der Waals surface area contributed by atoms with Crippen molar-refractivity contribution in [2.75, 3.05) is 0 Å².